The van der Waals surface area contributed by atoms with E-state index in [4.69, 9.17) is 18.0 Å². The number of rotatable bonds is 6. The van der Waals surface area contributed by atoms with Crippen molar-refractivity contribution >= 4 is 17.2 Å². The van der Waals surface area contributed by atoms with E-state index in [1.807, 2.05) is 0 Å². The number of nitrogens with two attached hydrogens (primary N) is 1. The molecule has 0 radical (unpaired) electrons. The molecule has 0 atom stereocenters. The van der Waals surface area contributed by atoms with Gasteiger partial charge in [0.25, 0.3) is 0 Å². The number of benzene rings is 1. The molecule has 1 aromatic rings. The van der Waals surface area contributed by atoms with Crippen LogP contribution in [-0.4, -0.2) is 23.9 Å². The lowest BCUT2D eigenvalue weighted by Gasteiger charge is -2.15. The fraction of sp³-hybridized carbons (Fsp3) is 0.364. The molecule has 0 unspecified atom stereocenters. The van der Waals surface area contributed by atoms with Gasteiger partial charge in [-0.3, -0.25) is 0 Å². The van der Waals surface area contributed by atoms with Crippen molar-refractivity contribution in [2.45, 2.75) is 19.0 Å². The molecule has 2 nitrogen and oxygen atoms in total. The maximum atomic E-state index is 12.5. The highest BCUT2D eigenvalue weighted by atomic mass is 32.1. The molecule has 0 aliphatic rings. The molecule has 0 spiro atoms. The first-order valence-electron chi connectivity index (χ1n) is 4.95. The van der Waals surface area contributed by atoms with Crippen LogP contribution in [0, 0.1) is 0 Å². The van der Waals surface area contributed by atoms with Gasteiger partial charge in [-0.1, -0.05) is 30.4 Å². The summed E-state index contributed by atoms with van der Waals surface area (Å²) in [5, 5.41) is 0. The summed E-state index contributed by atoms with van der Waals surface area (Å²) in [6, 6.07) is 6.43. The molecule has 0 aliphatic carbocycles. The van der Waals surface area contributed by atoms with Crippen LogP contribution in [0.1, 0.15) is 11.1 Å². The van der Waals surface area contributed by atoms with Gasteiger partial charge in [0.15, 0.2) is 0 Å². The molecule has 0 saturated carbocycles. The lowest BCUT2D eigenvalue weighted by Crippen LogP contribution is -2.32. The van der Waals surface area contributed by atoms with Crippen molar-refractivity contribution < 1.29 is 22.3 Å². The Morgan fingerprint density at radius 1 is 1.39 bits per heavy atom. The molecular formula is C11H11F4NOS. The van der Waals surface area contributed by atoms with Gasteiger partial charge >= 0.3 is 12.3 Å². The highest BCUT2D eigenvalue weighted by Crippen LogP contribution is 2.23. The smallest absolute Gasteiger partial charge is 0.330 e. The predicted molar refractivity (Wildman–Crippen MR) is 62.9 cm³/mol. The van der Waals surface area contributed by atoms with E-state index in [9.17, 15) is 17.6 Å². The third-order valence-electron chi connectivity index (χ3n) is 2.09. The molecule has 0 saturated heterocycles. The van der Waals surface area contributed by atoms with Crippen LogP contribution in [0.5, 0.6) is 0 Å². The summed E-state index contributed by atoms with van der Waals surface area (Å²) in [6.07, 6.45) is -3.74. The van der Waals surface area contributed by atoms with E-state index in [1.165, 1.54) is 0 Å². The number of hydrogen-bond donors (Lipinski definition) is 1. The maximum absolute atomic E-state index is 12.5. The lowest BCUT2D eigenvalue weighted by molar-refractivity contribution is -0.168. The fourth-order valence-corrected chi connectivity index (χ4v) is 1.31. The average molecular weight is 281 g/mol. The Kier molecular flexibility index (Phi) is 5.03. The molecule has 2 N–H and O–H groups in total. The average Bonchev–Trinajstić information content (AvgIpc) is 2.29. The van der Waals surface area contributed by atoms with Gasteiger partial charge in [0, 0.05) is 5.56 Å². The second-order valence-electron chi connectivity index (χ2n) is 3.62. The van der Waals surface area contributed by atoms with Crippen LogP contribution in [0.3, 0.4) is 0 Å². The van der Waals surface area contributed by atoms with Crippen molar-refractivity contribution in [1.29, 1.82) is 0 Å². The molecule has 0 fully saturated rings. The Balaban J connectivity index is 2.54. The Hall–Kier alpha value is -1.21. The second kappa shape index (κ2) is 6.10. The van der Waals surface area contributed by atoms with Crippen LogP contribution in [0.15, 0.2) is 24.3 Å². The zero-order valence-corrected chi connectivity index (χ0v) is 10.0. The van der Waals surface area contributed by atoms with E-state index in [0.29, 0.717) is 11.1 Å². The molecule has 0 aliphatic heterocycles. The van der Waals surface area contributed by atoms with E-state index in [-0.39, 0.29) is 11.6 Å². The number of alkyl halides is 4. The van der Waals surface area contributed by atoms with Crippen LogP contribution in [-0.2, 0) is 11.3 Å². The van der Waals surface area contributed by atoms with Gasteiger partial charge < -0.3 is 10.5 Å². The minimum absolute atomic E-state index is 0.162. The van der Waals surface area contributed by atoms with Gasteiger partial charge in [-0.2, -0.15) is 8.78 Å². The van der Waals surface area contributed by atoms with Crippen molar-refractivity contribution in [3.63, 3.8) is 0 Å². The number of ether oxygens (including phenoxy) is 1. The number of halogens is 4. The third-order valence-corrected chi connectivity index (χ3v) is 2.33. The van der Waals surface area contributed by atoms with E-state index < -0.39 is 19.0 Å². The zero-order chi connectivity index (χ0) is 13.8. The van der Waals surface area contributed by atoms with Crippen LogP contribution in [0.2, 0.25) is 0 Å². The van der Waals surface area contributed by atoms with Gasteiger partial charge in [0.2, 0.25) is 0 Å². The Morgan fingerprint density at radius 3 is 2.61 bits per heavy atom. The molecule has 1 rings (SSSR count). The summed E-state index contributed by atoms with van der Waals surface area (Å²) < 4.78 is 53.3. The van der Waals surface area contributed by atoms with Gasteiger partial charge in [0.1, 0.15) is 11.6 Å². The zero-order valence-electron chi connectivity index (χ0n) is 9.21. The SMILES string of the molecule is NC(=S)c1cccc(COCC(F)(F)C(F)F)c1. The standard InChI is InChI=1S/C11H11F4NOS/c12-10(13)11(14,15)6-17-5-7-2-1-3-8(4-7)9(16)18/h1-4,10H,5-6H2,(H2,16,18). The Labute approximate surface area is 107 Å². The van der Waals surface area contributed by atoms with Gasteiger partial charge in [0.05, 0.1) is 6.61 Å². The minimum atomic E-state index is -4.14. The van der Waals surface area contributed by atoms with E-state index in [2.05, 4.69) is 4.74 Å². The van der Waals surface area contributed by atoms with E-state index >= 15 is 0 Å². The number of hydrogen-bond acceptors (Lipinski definition) is 2. The van der Waals surface area contributed by atoms with Crippen molar-refractivity contribution in [3.8, 4) is 0 Å². The molecule has 7 heteroatoms. The highest BCUT2D eigenvalue weighted by molar-refractivity contribution is 7.80. The molecule has 0 aromatic heterocycles. The van der Waals surface area contributed by atoms with Crippen molar-refractivity contribution in [2.75, 3.05) is 6.61 Å². The van der Waals surface area contributed by atoms with Crippen LogP contribution >= 0.6 is 12.2 Å². The van der Waals surface area contributed by atoms with Gasteiger partial charge in [-0.25, -0.2) is 8.78 Å². The van der Waals surface area contributed by atoms with Crippen molar-refractivity contribution in [3.05, 3.63) is 35.4 Å². The van der Waals surface area contributed by atoms with Crippen molar-refractivity contribution in [1.82, 2.24) is 0 Å². The van der Waals surface area contributed by atoms with E-state index in [0.717, 1.165) is 0 Å². The monoisotopic (exact) mass is 281 g/mol. The Morgan fingerprint density at radius 2 is 2.06 bits per heavy atom. The summed E-state index contributed by atoms with van der Waals surface area (Å²) >= 11 is 4.75. The predicted octanol–water partition coefficient (Wildman–Crippen LogP) is 2.74. The first-order valence-corrected chi connectivity index (χ1v) is 5.36. The van der Waals surface area contributed by atoms with Crippen molar-refractivity contribution in [2.24, 2.45) is 5.73 Å². The topological polar surface area (TPSA) is 35.2 Å². The molecule has 18 heavy (non-hydrogen) atoms. The first kappa shape index (κ1) is 14.8. The van der Waals surface area contributed by atoms with Crippen LogP contribution in [0.25, 0.3) is 0 Å². The highest BCUT2D eigenvalue weighted by Gasteiger charge is 2.40. The number of thiocarbonyl (C=S) groups is 1. The maximum Gasteiger partial charge on any atom is 0.330 e. The quantitative estimate of drug-likeness (QED) is 0.643. The summed E-state index contributed by atoms with van der Waals surface area (Å²) in [5.74, 6) is -4.14. The first-order chi connectivity index (χ1) is 8.33. The van der Waals surface area contributed by atoms with E-state index in [1.54, 1.807) is 24.3 Å². The van der Waals surface area contributed by atoms with Crippen LogP contribution in [0.4, 0.5) is 17.6 Å². The molecule has 0 bridgehead atoms. The third kappa shape index (κ3) is 4.23. The molecule has 0 heterocycles. The summed E-state index contributed by atoms with van der Waals surface area (Å²) in [4.78, 5) is 0.162. The second-order valence-corrected chi connectivity index (χ2v) is 4.06. The van der Waals surface area contributed by atoms with Gasteiger partial charge in [-0.15, -0.1) is 0 Å². The molecule has 1 aromatic carbocycles. The molecular weight excluding hydrogens is 270 g/mol. The van der Waals surface area contributed by atoms with Crippen LogP contribution < -0.4 is 5.73 Å². The lowest BCUT2D eigenvalue weighted by atomic mass is 10.1. The van der Waals surface area contributed by atoms with Gasteiger partial charge in [-0.05, 0) is 11.6 Å². The fourth-order valence-electron chi connectivity index (χ4n) is 1.18. The Bertz CT molecular complexity index is 425. The minimum Gasteiger partial charge on any atom is -0.389 e. The summed E-state index contributed by atoms with van der Waals surface area (Å²) in [5.41, 5.74) is 6.49. The largest absolute Gasteiger partial charge is 0.389 e. The molecule has 100 valence electrons. The molecule has 0 amide bonds. The summed E-state index contributed by atoms with van der Waals surface area (Å²) in [6.45, 7) is -1.54. The summed E-state index contributed by atoms with van der Waals surface area (Å²) in [7, 11) is 0. The normalized spacial score (nSPS) is 11.8.